The van der Waals surface area contributed by atoms with Crippen molar-refractivity contribution >= 4 is 0 Å². The van der Waals surface area contributed by atoms with Crippen molar-refractivity contribution in [3.63, 3.8) is 0 Å². The Hall–Kier alpha value is 0. The molecule has 0 nitrogen and oxygen atoms in total. The summed E-state index contributed by atoms with van der Waals surface area (Å²) in [7, 11) is 0. The van der Waals surface area contributed by atoms with Crippen LogP contribution in [0.3, 0.4) is 0 Å². The maximum Gasteiger partial charge on any atom is -0.0354 e. The maximum absolute atomic E-state index is 2.39. The predicted molar refractivity (Wildman–Crippen MR) is 66.5 cm³/mol. The molecule has 0 saturated heterocycles. The summed E-state index contributed by atoms with van der Waals surface area (Å²) in [6.07, 6.45) is 5.47. The van der Waals surface area contributed by atoms with E-state index in [4.69, 9.17) is 0 Å². The Morgan fingerprint density at radius 1 is 0.929 bits per heavy atom. The highest BCUT2D eigenvalue weighted by Crippen LogP contribution is 2.38. The lowest BCUT2D eigenvalue weighted by atomic mass is 9.70. The molecule has 0 spiro atoms. The third-order valence-corrected chi connectivity index (χ3v) is 2.99. The summed E-state index contributed by atoms with van der Waals surface area (Å²) < 4.78 is 0. The second kappa shape index (κ2) is 5.19. The monoisotopic (exact) mass is 198 g/mol. The summed E-state index contributed by atoms with van der Waals surface area (Å²) in [4.78, 5) is 0. The van der Waals surface area contributed by atoms with Crippen molar-refractivity contribution in [3.8, 4) is 0 Å². The smallest absolute Gasteiger partial charge is 0.0354 e. The zero-order valence-corrected chi connectivity index (χ0v) is 11.4. The molecule has 0 heterocycles. The van der Waals surface area contributed by atoms with E-state index in [1.807, 2.05) is 0 Å². The van der Waals surface area contributed by atoms with E-state index in [9.17, 15) is 0 Å². The SMILES string of the molecule is CCCC[C@H](CC(C)(C)C)C(C)(C)C. The van der Waals surface area contributed by atoms with Crippen molar-refractivity contribution in [1.82, 2.24) is 0 Å². The third kappa shape index (κ3) is 6.45. The van der Waals surface area contributed by atoms with Crippen molar-refractivity contribution in [2.45, 2.75) is 74.1 Å². The molecule has 0 aromatic carbocycles. The van der Waals surface area contributed by atoms with Gasteiger partial charge in [-0.2, -0.15) is 0 Å². The van der Waals surface area contributed by atoms with Crippen molar-refractivity contribution < 1.29 is 0 Å². The molecule has 0 aliphatic carbocycles. The maximum atomic E-state index is 2.39. The van der Waals surface area contributed by atoms with Crippen LogP contribution in [0.5, 0.6) is 0 Å². The number of hydrogen-bond acceptors (Lipinski definition) is 0. The highest BCUT2D eigenvalue weighted by molar-refractivity contribution is 4.78. The third-order valence-electron chi connectivity index (χ3n) is 2.99. The molecule has 0 N–H and O–H groups in total. The first-order valence-electron chi connectivity index (χ1n) is 6.17. The molecule has 0 heteroatoms. The van der Waals surface area contributed by atoms with Crippen LogP contribution in [0.2, 0.25) is 0 Å². The normalized spacial score (nSPS) is 15.6. The van der Waals surface area contributed by atoms with Gasteiger partial charge in [-0.25, -0.2) is 0 Å². The first kappa shape index (κ1) is 14.0. The van der Waals surface area contributed by atoms with E-state index in [-0.39, 0.29) is 0 Å². The van der Waals surface area contributed by atoms with E-state index >= 15 is 0 Å². The van der Waals surface area contributed by atoms with Crippen LogP contribution in [0.4, 0.5) is 0 Å². The predicted octanol–water partition coefficient (Wildman–Crippen LogP) is 5.28. The van der Waals surface area contributed by atoms with Crippen LogP contribution in [-0.4, -0.2) is 0 Å². The Morgan fingerprint density at radius 2 is 1.43 bits per heavy atom. The van der Waals surface area contributed by atoms with E-state index in [0.717, 1.165) is 5.92 Å². The molecule has 0 fully saturated rings. The standard InChI is InChI=1S/C14H30/c1-8-9-10-12(14(5,6)7)11-13(2,3)4/h12H,8-11H2,1-7H3/t12-/m1/s1. The molecule has 0 aromatic heterocycles. The van der Waals surface area contributed by atoms with Gasteiger partial charge in [0.1, 0.15) is 0 Å². The number of unbranched alkanes of at least 4 members (excludes halogenated alkanes) is 1. The zero-order valence-electron chi connectivity index (χ0n) is 11.4. The lowest BCUT2D eigenvalue weighted by Gasteiger charge is -2.35. The van der Waals surface area contributed by atoms with Crippen LogP contribution < -0.4 is 0 Å². The molecule has 0 aliphatic rings. The Labute approximate surface area is 91.5 Å². The summed E-state index contributed by atoms with van der Waals surface area (Å²) in [5.74, 6) is 0.877. The molecule has 0 amide bonds. The molecular formula is C14H30. The summed E-state index contributed by atoms with van der Waals surface area (Å²) in [6, 6.07) is 0. The Balaban J connectivity index is 4.26. The quantitative estimate of drug-likeness (QED) is 0.577. The van der Waals surface area contributed by atoms with E-state index < -0.39 is 0 Å². The van der Waals surface area contributed by atoms with Gasteiger partial charge in [0.05, 0.1) is 0 Å². The average Bonchev–Trinajstić information content (AvgIpc) is 1.93. The second-order valence-corrected chi connectivity index (χ2v) is 6.97. The van der Waals surface area contributed by atoms with Crippen molar-refractivity contribution in [2.24, 2.45) is 16.7 Å². The van der Waals surface area contributed by atoms with Gasteiger partial charge in [-0.15, -0.1) is 0 Å². The molecule has 14 heavy (non-hydrogen) atoms. The Kier molecular flexibility index (Phi) is 5.19. The van der Waals surface area contributed by atoms with Gasteiger partial charge in [-0.1, -0.05) is 61.3 Å². The molecule has 0 rings (SSSR count). The molecular weight excluding hydrogens is 168 g/mol. The van der Waals surface area contributed by atoms with Gasteiger partial charge in [-0.3, -0.25) is 0 Å². The number of rotatable bonds is 4. The summed E-state index contributed by atoms with van der Waals surface area (Å²) >= 11 is 0. The van der Waals surface area contributed by atoms with Gasteiger partial charge >= 0.3 is 0 Å². The first-order chi connectivity index (χ1) is 6.17. The van der Waals surface area contributed by atoms with Gasteiger partial charge in [0, 0.05) is 0 Å². The van der Waals surface area contributed by atoms with Gasteiger partial charge < -0.3 is 0 Å². The topological polar surface area (TPSA) is 0 Å². The molecule has 1 atom stereocenters. The minimum absolute atomic E-state index is 0.475. The fourth-order valence-corrected chi connectivity index (χ4v) is 2.03. The molecule has 0 unspecified atom stereocenters. The van der Waals surface area contributed by atoms with Gasteiger partial charge in [0.2, 0.25) is 0 Å². The molecule has 0 aromatic rings. The highest BCUT2D eigenvalue weighted by atomic mass is 14.3. The van der Waals surface area contributed by atoms with Crippen LogP contribution in [0.25, 0.3) is 0 Å². The molecule has 0 radical (unpaired) electrons. The lowest BCUT2D eigenvalue weighted by molar-refractivity contribution is 0.152. The van der Waals surface area contributed by atoms with Crippen molar-refractivity contribution in [1.29, 1.82) is 0 Å². The molecule has 0 bridgehead atoms. The number of hydrogen-bond donors (Lipinski definition) is 0. The van der Waals surface area contributed by atoms with Gasteiger partial charge in [-0.05, 0) is 29.6 Å². The summed E-state index contributed by atoms with van der Waals surface area (Å²) in [5, 5.41) is 0. The van der Waals surface area contributed by atoms with Crippen molar-refractivity contribution in [2.75, 3.05) is 0 Å². The average molecular weight is 198 g/mol. The Morgan fingerprint density at radius 3 is 1.71 bits per heavy atom. The molecule has 86 valence electrons. The van der Waals surface area contributed by atoms with Crippen LogP contribution in [0.1, 0.15) is 74.1 Å². The zero-order chi connectivity index (χ0) is 11.4. The largest absolute Gasteiger partial charge is 0.0654 e. The summed E-state index contributed by atoms with van der Waals surface area (Å²) in [5.41, 5.74) is 0.953. The van der Waals surface area contributed by atoms with Gasteiger partial charge in [0.15, 0.2) is 0 Å². The second-order valence-electron chi connectivity index (χ2n) is 6.97. The highest BCUT2D eigenvalue weighted by Gasteiger charge is 2.28. The molecule has 0 aliphatic heterocycles. The minimum Gasteiger partial charge on any atom is -0.0654 e. The van der Waals surface area contributed by atoms with Crippen molar-refractivity contribution in [3.05, 3.63) is 0 Å². The van der Waals surface area contributed by atoms with Crippen LogP contribution >= 0.6 is 0 Å². The molecule has 0 saturated carbocycles. The van der Waals surface area contributed by atoms with E-state index in [2.05, 4.69) is 48.5 Å². The summed E-state index contributed by atoms with van der Waals surface area (Å²) in [6.45, 7) is 16.5. The fourth-order valence-electron chi connectivity index (χ4n) is 2.03. The first-order valence-corrected chi connectivity index (χ1v) is 6.17. The van der Waals surface area contributed by atoms with E-state index in [1.54, 1.807) is 0 Å². The van der Waals surface area contributed by atoms with E-state index in [1.165, 1.54) is 25.7 Å². The van der Waals surface area contributed by atoms with Crippen LogP contribution in [0, 0.1) is 16.7 Å². The minimum atomic E-state index is 0.475. The van der Waals surface area contributed by atoms with E-state index in [0.29, 0.717) is 10.8 Å². The van der Waals surface area contributed by atoms with Crippen LogP contribution in [-0.2, 0) is 0 Å². The van der Waals surface area contributed by atoms with Crippen LogP contribution in [0.15, 0.2) is 0 Å². The fraction of sp³-hybridized carbons (Fsp3) is 1.00. The Bertz CT molecular complexity index is 142. The lowest BCUT2D eigenvalue weighted by Crippen LogP contribution is -2.25. The van der Waals surface area contributed by atoms with Gasteiger partial charge in [0.25, 0.3) is 0 Å².